The van der Waals surface area contributed by atoms with Crippen molar-refractivity contribution >= 4 is 0 Å². The Labute approximate surface area is 199 Å². The predicted molar refractivity (Wildman–Crippen MR) is 118 cm³/mol. The number of halogens is 5. The molecule has 0 bridgehead atoms. The summed E-state index contributed by atoms with van der Waals surface area (Å²) in [6, 6.07) is 0. The predicted octanol–water partition coefficient (Wildman–Crippen LogP) is 5.95. The third-order valence-electron chi connectivity index (χ3n) is 11.0. The fraction of sp³-hybridized carbons (Fsp3) is 1.00. The van der Waals surface area contributed by atoms with E-state index in [4.69, 9.17) is 0 Å². The number of fused-ring (bicyclic) bond motifs is 5. The van der Waals surface area contributed by atoms with E-state index in [0.717, 1.165) is 12.8 Å². The van der Waals surface area contributed by atoms with Crippen molar-refractivity contribution in [2.24, 2.45) is 46.3 Å². The first-order valence-electron chi connectivity index (χ1n) is 13.1. The van der Waals surface area contributed by atoms with E-state index < -0.39 is 47.7 Å². The van der Waals surface area contributed by atoms with E-state index in [1.165, 1.54) is 0 Å². The minimum absolute atomic E-state index is 0.110. The molecule has 0 aromatic heterocycles. The average molecular weight is 497 g/mol. The zero-order valence-electron chi connectivity index (χ0n) is 20.5. The molecule has 11 atom stereocenters. The molecule has 3 nitrogen and oxygen atoms in total. The second-order valence-electron chi connectivity index (χ2n) is 12.6. The van der Waals surface area contributed by atoms with Crippen molar-refractivity contribution in [3.63, 3.8) is 0 Å². The van der Waals surface area contributed by atoms with E-state index in [1.54, 1.807) is 0 Å². The Morgan fingerprint density at radius 1 is 0.882 bits per heavy atom. The molecule has 34 heavy (non-hydrogen) atoms. The fourth-order valence-electron chi connectivity index (χ4n) is 9.16. The molecular weight excluding hydrogens is 455 g/mol. The normalized spacial score (nSPS) is 47.9. The van der Waals surface area contributed by atoms with Crippen molar-refractivity contribution in [3.05, 3.63) is 0 Å². The minimum atomic E-state index is -4.60. The van der Waals surface area contributed by atoms with E-state index in [2.05, 4.69) is 6.92 Å². The lowest BCUT2D eigenvalue weighted by atomic mass is 9.43. The Kier molecular flexibility index (Phi) is 6.90. The van der Waals surface area contributed by atoms with Gasteiger partial charge in [0.25, 0.3) is 5.92 Å². The molecule has 4 fully saturated rings. The van der Waals surface area contributed by atoms with Gasteiger partial charge < -0.3 is 15.3 Å². The van der Waals surface area contributed by atoms with Gasteiger partial charge in [0.05, 0.1) is 12.2 Å². The molecule has 4 aliphatic rings. The van der Waals surface area contributed by atoms with Gasteiger partial charge in [0.2, 0.25) is 0 Å². The summed E-state index contributed by atoms with van der Waals surface area (Å²) in [5.74, 6) is -4.31. The zero-order valence-corrected chi connectivity index (χ0v) is 20.5. The molecule has 0 spiro atoms. The molecule has 0 aromatic carbocycles. The average Bonchev–Trinajstić information content (AvgIpc) is 3.09. The highest BCUT2D eigenvalue weighted by Crippen LogP contribution is 2.71. The van der Waals surface area contributed by atoms with Crippen LogP contribution in [0, 0.1) is 46.3 Å². The third-order valence-corrected chi connectivity index (χ3v) is 11.0. The molecule has 1 unspecified atom stereocenters. The summed E-state index contributed by atoms with van der Waals surface area (Å²) in [4.78, 5) is 0. The summed E-state index contributed by atoms with van der Waals surface area (Å²) < 4.78 is 69.5. The number of aliphatic hydroxyl groups is 3. The van der Waals surface area contributed by atoms with Gasteiger partial charge in [-0.15, -0.1) is 0 Å². The highest BCUT2D eigenvalue weighted by molar-refractivity contribution is 5.15. The molecule has 0 amide bonds. The van der Waals surface area contributed by atoms with Crippen LogP contribution < -0.4 is 0 Å². The lowest BCUT2D eigenvalue weighted by Gasteiger charge is -2.63. The largest absolute Gasteiger partial charge is 0.414 e. The molecular formula is C26H41F5O3. The maximum absolute atomic E-state index is 15.8. The summed E-state index contributed by atoms with van der Waals surface area (Å²) in [6.45, 7) is 6.19. The van der Waals surface area contributed by atoms with E-state index in [0.29, 0.717) is 32.1 Å². The van der Waals surface area contributed by atoms with E-state index in [1.807, 2.05) is 13.8 Å². The van der Waals surface area contributed by atoms with Crippen LogP contribution in [0.5, 0.6) is 0 Å². The van der Waals surface area contributed by atoms with Gasteiger partial charge in [-0.1, -0.05) is 33.6 Å². The van der Waals surface area contributed by atoms with Gasteiger partial charge >= 0.3 is 6.18 Å². The van der Waals surface area contributed by atoms with Gasteiger partial charge in [-0.25, -0.2) is 8.78 Å². The van der Waals surface area contributed by atoms with E-state index in [-0.39, 0.29) is 48.3 Å². The number of hydrogen-bond acceptors (Lipinski definition) is 3. The molecule has 0 saturated heterocycles. The van der Waals surface area contributed by atoms with Crippen LogP contribution in [-0.4, -0.2) is 45.7 Å². The monoisotopic (exact) mass is 496 g/mol. The molecule has 0 aromatic rings. The SMILES string of the molecule is C[C@H](CCCC(O)C(F)(F)F)[C@H]1CC[C@H]2[C@H]3[C@H](CC[C@]12C)[C@@]1(C)CC[C@H](O)[C@H](O)[C@@H]1CC3(F)F. The van der Waals surface area contributed by atoms with Crippen LogP contribution in [0.2, 0.25) is 0 Å². The molecule has 3 N–H and O–H groups in total. The van der Waals surface area contributed by atoms with Gasteiger partial charge in [-0.3, -0.25) is 0 Å². The number of aliphatic hydroxyl groups excluding tert-OH is 3. The molecule has 198 valence electrons. The van der Waals surface area contributed by atoms with Crippen molar-refractivity contribution in [2.75, 3.05) is 0 Å². The third kappa shape index (κ3) is 4.21. The summed E-state index contributed by atoms with van der Waals surface area (Å²) in [5, 5.41) is 30.1. The lowest BCUT2D eigenvalue weighted by molar-refractivity contribution is -0.258. The fourth-order valence-corrected chi connectivity index (χ4v) is 9.16. The summed E-state index contributed by atoms with van der Waals surface area (Å²) in [6.07, 6.45) is -4.76. The number of rotatable bonds is 5. The quantitative estimate of drug-likeness (QED) is 0.412. The van der Waals surface area contributed by atoms with Gasteiger partial charge in [0.15, 0.2) is 0 Å². The summed E-state index contributed by atoms with van der Waals surface area (Å²) in [5.41, 5.74) is -0.688. The molecule has 4 rings (SSSR count). The first kappa shape index (κ1) is 26.6. The van der Waals surface area contributed by atoms with Crippen LogP contribution in [0.3, 0.4) is 0 Å². The molecule has 0 radical (unpaired) electrons. The highest BCUT2D eigenvalue weighted by atomic mass is 19.4. The van der Waals surface area contributed by atoms with Gasteiger partial charge in [0, 0.05) is 12.3 Å². The zero-order chi connectivity index (χ0) is 25.3. The lowest BCUT2D eigenvalue weighted by Crippen LogP contribution is -2.64. The summed E-state index contributed by atoms with van der Waals surface area (Å²) >= 11 is 0. The Balaban J connectivity index is 1.50. The topological polar surface area (TPSA) is 60.7 Å². The van der Waals surface area contributed by atoms with Crippen molar-refractivity contribution in [1.82, 2.24) is 0 Å². The van der Waals surface area contributed by atoms with Crippen LogP contribution in [0.4, 0.5) is 22.0 Å². The molecule has 4 saturated carbocycles. The van der Waals surface area contributed by atoms with Crippen LogP contribution in [0.25, 0.3) is 0 Å². The second-order valence-corrected chi connectivity index (χ2v) is 12.6. The van der Waals surface area contributed by atoms with Gasteiger partial charge in [0.1, 0.15) is 6.10 Å². The highest BCUT2D eigenvalue weighted by Gasteiger charge is 2.69. The minimum Gasteiger partial charge on any atom is -0.390 e. The van der Waals surface area contributed by atoms with E-state index >= 15 is 8.78 Å². The van der Waals surface area contributed by atoms with Crippen LogP contribution in [0.15, 0.2) is 0 Å². The second kappa shape index (κ2) is 8.83. The Hall–Kier alpha value is -0.470. The standard InChI is InChI=1S/C26H41F5O3/c1-14(5-4-6-20(33)26(29,30)31)15-7-8-16-21-17(9-11-23(15,16)2)24(3)12-10-19(32)22(34)18(24)13-25(21,27)28/h14-22,32-34H,4-13H2,1-3H3/t14-,15-,16+,17+,18+,19+,20?,21+,22-,23-,24-/m1/s1. The van der Waals surface area contributed by atoms with E-state index in [9.17, 15) is 28.5 Å². The smallest absolute Gasteiger partial charge is 0.390 e. The molecule has 0 heterocycles. The van der Waals surface area contributed by atoms with Crippen LogP contribution >= 0.6 is 0 Å². The first-order valence-corrected chi connectivity index (χ1v) is 13.1. The molecule has 8 heteroatoms. The molecule has 0 aliphatic heterocycles. The Bertz CT molecular complexity index is 744. The maximum Gasteiger partial charge on any atom is 0.414 e. The number of alkyl halides is 5. The Morgan fingerprint density at radius 2 is 1.50 bits per heavy atom. The van der Waals surface area contributed by atoms with Gasteiger partial charge in [-0.05, 0) is 85.4 Å². The molecule has 4 aliphatic carbocycles. The Morgan fingerprint density at radius 3 is 2.15 bits per heavy atom. The van der Waals surface area contributed by atoms with Gasteiger partial charge in [-0.2, -0.15) is 13.2 Å². The summed E-state index contributed by atoms with van der Waals surface area (Å²) in [7, 11) is 0. The van der Waals surface area contributed by atoms with Crippen LogP contribution in [-0.2, 0) is 0 Å². The van der Waals surface area contributed by atoms with Crippen molar-refractivity contribution < 1.29 is 37.3 Å². The van der Waals surface area contributed by atoms with Crippen LogP contribution in [0.1, 0.15) is 85.0 Å². The van der Waals surface area contributed by atoms with Crippen molar-refractivity contribution in [2.45, 2.75) is 115 Å². The number of hydrogen-bond donors (Lipinski definition) is 3. The maximum atomic E-state index is 15.8. The first-order chi connectivity index (χ1) is 15.6. The van der Waals surface area contributed by atoms with Crippen molar-refractivity contribution in [3.8, 4) is 0 Å². The van der Waals surface area contributed by atoms with Crippen molar-refractivity contribution in [1.29, 1.82) is 0 Å².